The predicted molar refractivity (Wildman–Crippen MR) is 57.1 cm³/mol. The second-order valence-corrected chi connectivity index (χ2v) is 4.55. The van der Waals surface area contributed by atoms with Crippen LogP contribution in [-0.4, -0.2) is 0 Å². The average molecular weight is 169 g/mol. The highest BCUT2D eigenvalue weighted by molar-refractivity contribution is 4.87. The van der Waals surface area contributed by atoms with Gasteiger partial charge in [0.15, 0.2) is 0 Å². The normalized spacial score (nSPS) is 14.2. The summed E-state index contributed by atoms with van der Waals surface area (Å²) >= 11 is 0. The molecule has 1 radical (unpaired) electrons. The summed E-state index contributed by atoms with van der Waals surface area (Å²) in [7, 11) is 0. The van der Waals surface area contributed by atoms with Gasteiger partial charge in [0, 0.05) is 0 Å². The summed E-state index contributed by atoms with van der Waals surface area (Å²) in [6, 6.07) is 0. The molecule has 0 fully saturated rings. The fourth-order valence-corrected chi connectivity index (χ4v) is 1.66. The van der Waals surface area contributed by atoms with Crippen LogP contribution in [0.2, 0.25) is 0 Å². The van der Waals surface area contributed by atoms with Crippen molar-refractivity contribution in [3.8, 4) is 0 Å². The molecular weight excluding hydrogens is 144 g/mol. The van der Waals surface area contributed by atoms with Gasteiger partial charge in [0.2, 0.25) is 0 Å². The van der Waals surface area contributed by atoms with Gasteiger partial charge in [0.25, 0.3) is 0 Å². The van der Waals surface area contributed by atoms with Crippen LogP contribution in [0.4, 0.5) is 0 Å². The van der Waals surface area contributed by atoms with Gasteiger partial charge in [-0.25, -0.2) is 0 Å². The molecule has 0 spiro atoms. The Morgan fingerprint density at radius 1 is 1.17 bits per heavy atom. The molecule has 0 aromatic heterocycles. The third-order valence-electron chi connectivity index (χ3n) is 2.48. The molecule has 73 valence electrons. The van der Waals surface area contributed by atoms with Crippen molar-refractivity contribution in [2.24, 2.45) is 11.8 Å². The molecule has 0 saturated carbocycles. The van der Waals surface area contributed by atoms with Crippen molar-refractivity contribution in [2.75, 3.05) is 0 Å². The zero-order valence-electron chi connectivity index (χ0n) is 9.48. The van der Waals surface area contributed by atoms with Gasteiger partial charge in [-0.3, -0.25) is 0 Å². The first-order valence-corrected chi connectivity index (χ1v) is 5.38. The Kier molecular flexibility index (Phi) is 6.51. The lowest BCUT2D eigenvalue weighted by molar-refractivity contribution is 0.390. The van der Waals surface area contributed by atoms with E-state index in [1.807, 2.05) is 0 Å². The molecule has 0 heterocycles. The molecule has 0 rings (SSSR count). The van der Waals surface area contributed by atoms with Crippen molar-refractivity contribution < 1.29 is 0 Å². The Balaban J connectivity index is 3.70. The van der Waals surface area contributed by atoms with Crippen molar-refractivity contribution in [2.45, 2.75) is 60.3 Å². The van der Waals surface area contributed by atoms with E-state index in [0.717, 1.165) is 11.8 Å². The maximum atomic E-state index is 2.32. The zero-order chi connectivity index (χ0) is 9.56. The Morgan fingerprint density at radius 2 is 1.75 bits per heavy atom. The highest BCUT2D eigenvalue weighted by Crippen LogP contribution is 2.26. The smallest absolute Gasteiger partial charge is 0.0272 e. The van der Waals surface area contributed by atoms with E-state index in [0.29, 0.717) is 0 Å². The lowest BCUT2D eigenvalue weighted by atomic mass is 9.84. The Bertz CT molecular complexity index is 92.2. The van der Waals surface area contributed by atoms with E-state index in [9.17, 15) is 0 Å². The number of hydrogen-bond acceptors (Lipinski definition) is 0. The second-order valence-electron chi connectivity index (χ2n) is 4.55. The lowest BCUT2D eigenvalue weighted by Crippen LogP contribution is -2.09. The first-order valence-electron chi connectivity index (χ1n) is 5.38. The molecule has 0 aliphatic rings. The molecule has 0 nitrogen and oxygen atoms in total. The van der Waals surface area contributed by atoms with E-state index in [4.69, 9.17) is 0 Å². The van der Waals surface area contributed by atoms with E-state index in [2.05, 4.69) is 34.6 Å². The lowest BCUT2D eigenvalue weighted by Gasteiger charge is -2.21. The van der Waals surface area contributed by atoms with Crippen molar-refractivity contribution in [1.29, 1.82) is 0 Å². The van der Waals surface area contributed by atoms with Gasteiger partial charge in [-0.05, 0) is 30.6 Å². The van der Waals surface area contributed by atoms with Crippen LogP contribution in [0, 0.1) is 17.8 Å². The van der Waals surface area contributed by atoms with E-state index >= 15 is 0 Å². The van der Waals surface area contributed by atoms with Crippen LogP contribution in [0.1, 0.15) is 60.3 Å². The van der Waals surface area contributed by atoms with Crippen LogP contribution in [0.25, 0.3) is 0 Å². The van der Waals surface area contributed by atoms with Crippen LogP contribution >= 0.6 is 0 Å². The minimum Gasteiger partial charge on any atom is -0.0654 e. The number of rotatable bonds is 6. The molecular formula is C12H25. The van der Waals surface area contributed by atoms with Gasteiger partial charge in [0.1, 0.15) is 0 Å². The first kappa shape index (κ1) is 12.0. The van der Waals surface area contributed by atoms with Gasteiger partial charge in [0.05, 0.1) is 0 Å². The Hall–Kier alpha value is 0. The molecule has 0 aromatic carbocycles. The van der Waals surface area contributed by atoms with Crippen LogP contribution in [0.5, 0.6) is 0 Å². The predicted octanol–water partition coefficient (Wildman–Crippen LogP) is 4.45. The fraction of sp³-hybridized carbons (Fsp3) is 0.917. The molecule has 1 unspecified atom stereocenters. The van der Waals surface area contributed by atoms with Crippen molar-refractivity contribution in [3.05, 3.63) is 5.92 Å². The maximum Gasteiger partial charge on any atom is -0.0272 e. The van der Waals surface area contributed by atoms with Crippen LogP contribution < -0.4 is 0 Å². The van der Waals surface area contributed by atoms with Crippen molar-refractivity contribution in [1.82, 2.24) is 0 Å². The molecule has 0 aromatic rings. The third-order valence-corrected chi connectivity index (χ3v) is 2.48. The van der Waals surface area contributed by atoms with Gasteiger partial charge < -0.3 is 0 Å². The summed E-state index contributed by atoms with van der Waals surface area (Å²) in [6.07, 6.45) is 5.50. The van der Waals surface area contributed by atoms with Gasteiger partial charge in [-0.1, -0.05) is 47.5 Å². The largest absolute Gasteiger partial charge is 0.0654 e. The molecule has 0 aliphatic carbocycles. The van der Waals surface area contributed by atoms with E-state index in [-0.39, 0.29) is 0 Å². The van der Waals surface area contributed by atoms with E-state index < -0.39 is 0 Å². The SMILES string of the molecule is CCCCC(CC(C)C)[C](C)C. The number of unbranched alkanes of at least 4 members (excludes halogenated alkanes) is 1. The summed E-state index contributed by atoms with van der Waals surface area (Å²) in [6.45, 7) is 11.5. The third kappa shape index (κ3) is 5.62. The Labute approximate surface area is 78.8 Å². The van der Waals surface area contributed by atoms with E-state index in [1.165, 1.54) is 25.7 Å². The zero-order valence-corrected chi connectivity index (χ0v) is 9.48. The van der Waals surface area contributed by atoms with Gasteiger partial charge >= 0.3 is 0 Å². The standard InChI is InChI=1S/C12H25/c1-6-7-8-12(11(4)5)9-10(2)3/h10,12H,6-9H2,1-5H3. The average Bonchev–Trinajstić information content (AvgIpc) is 1.96. The molecule has 0 N–H and O–H groups in total. The van der Waals surface area contributed by atoms with Gasteiger partial charge in [-0.2, -0.15) is 0 Å². The summed E-state index contributed by atoms with van der Waals surface area (Å²) in [4.78, 5) is 0. The highest BCUT2D eigenvalue weighted by atomic mass is 14.2. The molecule has 0 saturated heterocycles. The minimum atomic E-state index is 0.849. The summed E-state index contributed by atoms with van der Waals surface area (Å²) in [5.74, 6) is 3.35. The van der Waals surface area contributed by atoms with Crippen LogP contribution in [-0.2, 0) is 0 Å². The monoisotopic (exact) mass is 169 g/mol. The Morgan fingerprint density at radius 3 is 2.08 bits per heavy atom. The van der Waals surface area contributed by atoms with Crippen LogP contribution in [0.3, 0.4) is 0 Å². The second kappa shape index (κ2) is 6.51. The minimum absolute atomic E-state index is 0.849. The van der Waals surface area contributed by atoms with Crippen molar-refractivity contribution >= 4 is 0 Å². The summed E-state index contributed by atoms with van der Waals surface area (Å²) < 4.78 is 0. The number of hydrogen-bond donors (Lipinski definition) is 0. The van der Waals surface area contributed by atoms with Gasteiger partial charge in [-0.15, -0.1) is 0 Å². The highest BCUT2D eigenvalue weighted by Gasteiger charge is 2.14. The quantitative estimate of drug-likeness (QED) is 0.551. The molecule has 0 aliphatic heterocycles. The topological polar surface area (TPSA) is 0 Å². The first-order chi connectivity index (χ1) is 5.57. The van der Waals surface area contributed by atoms with Crippen molar-refractivity contribution in [3.63, 3.8) is 0 Å². The molecule has 0 bridgehead atoms. The molecule has 0 amide bonds. The summed E-state index contributed by atoms with van der Waals surface area (Å²) in [5.41, 5.74) is 0. The molecule has 0 heteroatoms. The molecule has 12 heavy (non-hydrogen) atoms. The van der Waals surface area contributed by atoms with Crippen LogP contribution in [0.15, 0.2) is 0 Å². The molecule has 1 atom stereocenters. The summed E-state index contributed by atoms with van der Waals surface area (Å²) in [5, 5.41) is 0. The fourth-order valence-electron chi connectivity index (χ4n) is 1.66. The maximum absolute atomic E-state index is 2.32. The van der Waals surface area contributed by atoms with E-state index in [1.54, 1.807) is 5.92 Å².